The van der Waals surface area contributed by atoms with Gasteiger partial charge in [0, 0.05) is 12.8 Å². The van der Waals surface area contributed by atoms with Gasteiger partial charge in [0.15, 0.2) is 0 Å². The van der Waals surface area contributed by atoms with E-state index in [9.17, 15) is 9.90 Å². The Hall–Kier alpha value is -2.21. The van der Waals surface area contributed by atoms with E-state index in [1.54, 1.807) is 12.1 Å². The molecular weight excluding hydrogens is 330 g/mol. The van der Waals surface area contributed by atoms with E-state index in [0.717, 1.165) is 38.8 Å². The zero-order valence-corrected chi connectivity index (χ0v) is 15.7. The summed E-state index contributed by atoms with van der Waals surface area (Å²) >= 11 is 0. The smallest absolute Gasteiger partial charge is 0.471 e. The molecule has 2 aromatic rings. The van der Waals surface area contributed by atoms with Gasteiger partial charge in [-0.25, -0.2) is 4.79 Å². The first-order chi connectivity index (χ1) is 12.7. The van der Waals surface area contributed by atoms with Crippen LogP contribution in [0.3, 0.4) is 0 Å². The number of hydrogen-bond donors (Lipinski definition) is 1. The fourth-order valence-electron chi connectivity index (χ4n) is 3.71. The molecule has 0 atom stereocenters. The summed E-state index contributed by atoms with van der Waals surface area (Å²) in [5.41, 5.74) is 1.23. The van der Waals surface area contributed by atoms with Gasteiger partial charge in [-0.15, -0.1) is 4.52 Å². The lowest BCUT2D eigenvalue weighted by Crippen LogP contribution is -2.72. The molecule has 0 unspecified atom stereocenters. The van der Waals surface area contributed by atoms with Crippen molar-refractivity contribution < 1.29 is 24.0 Å². The van der Waals surface area contributed by atoms with Crippen molar-refractivity contribution in [2.75, 3.05) is 13.1 Å². The van der Waals surface area contributed by atoms with E-state index in [1.165, 1.54) is 11.3 Å². The Morgan fingerprint density at radius 1 is 1.15 bits per heavy atom. The SMILES string of the molecule is CCN(CC)Cc1c(O)o[n+](C(=O)c2ccccc2)[n+]1C1CCCCC1. The van der Waals surface area contributed by atoms with Gasteiger partial charge in [0.25, 0.3) is 0 Å². The number of rotatable bonds is 6. The Labute approximate surface area is 154 Å². The van der Waals surface area contributed by atoms with Crippen LogP contribution >= 0.6 is 0 Å². The number of nitrogens with zero attached hydrogens (tertiary/aromatic N) is 3. The quantitative estimate of drug-likeness (QED) is 0.806. The van der Waals surface area contributed by atoms with Gasteiger partial charge < -0.3 is 5.11 Å². The van der Waals surface area contributed by atoms with Crippen molar-refractivity contribution in [1.29, 1.82) is 0 Å². The highest BCUT2D eigenvalue weighted by Crippen LogP contribution is 2.26. The molecule has 140 valence electrons. The molecule has 1 N–H and O–H groups in total. The largest absolute Gasteiger partial charge is 0.537 e. The minimum Gasteiger partial charge on any atom is -0.471 e. The average molecular weight is 359 g/mol. The van der Waals surface area contributed by atoms with Crippen molar-refractivity contribution in [2.24, 2.45) is 0 Å². The summed E-state index contributed by atoms with van der Waals surface area (Å²) in [6.45, 7) is 6.49. The van der Waals surface area contributed by atoms with Crippen LogP contribution in [0.25, 0.3) is 0 Å². The van der Waals surface area contributed by atoms with Gasteiger partial charge in [-0.05, 0) is 38.1 Å². The summed E-state index contributed by atoms with van der Waals surface area (Å²) in [5.74, 6) is -0.413. The fourth-order valence-corrected chi connectivity index (χ4v) is 3.71. The first-order valence-electron chi connectivity index (χ1n) is 9.66. The van der Waals surface area contributed by atoms with Crippen molar-refractivity contribution in [2.45, 2.75) is 58.5 Å². The van der Waals surface area contributed by atoms with Crippen LogP contribution in [0.2, 0.25) is 0 Å². The molecule has 1 aromatic carbocycles. The Bertz CT molecular complexity index is 732. The summed E-state index contributed by atoms with van der Waals surface area (Å²) in [6.07, 6.45) is 5.48. The summed E-state index contributed by atoms with van der Waals surface area (Å²) in [7, 11) is 0. The topological polar surface area (TPSA) is 61.4 Å². The third-order valence-electron chi connectivity index (χ3n) is 5.27. The monoisotopic (exact) mass is 359 g/mol. The number of carbonyl (C=O) groups is 1. The van der Waals surface area contributed by atoms with Crippen LogP contribution in [0.4, 0.5) is 0 Å². The van der Waals surface area contributed by atoms with Crippen molar-refractivity contribution in [3.05, 3.63) is 41.6 Å². The van der Waals surface area contributed by atoms with Crippen molar-refractivity contribution >= 4 is 5.91 Å². The van der Waals surface area contributed by atoms with Crippen LogP contribution < -0.4 is 9.54 Å². The molecule has 6 heteroatoms. The zero-order chi connectivity index (χ0) is 18.5. The summed E-state index contributed by atoms with van der Waals surface area (Å²) in [4.78, 5) is 16.5. The first kappa shape index (κ1) is 18.6. The lowest BCUT2D eigenvalue weighted by Gasteiger charge is -2.16. The molecule has 0 saturated heterocycles. The minimum absolute atomic E-state index is 0.160. The Morgan fingerprint density at radius 3 is 2.42 bits per heavy atom. The molecule has 1 fully saturated rings. The lowest BCUT2D eigenvalue weighted by atomic mass is 9.95. The lowest BCUT2D eigenvalue weighted by molar-refractivity contribution is -1.27. The molecule has 1 saturated carbocycles. The van der Waals surface area contributed by atoms with E-state index in [0.29, 0.717) is 17.8 Å². The Balaban J connectivity index is 2.04. The molecule has 0 spiro atoms. The zero-order valence-electron chi connectivity index (χ0n) is 15.7. The maximum atomic E-state index is 13.0. The molecule has 1 heterocycles. The summed E-state index contributed by atoms with van der Waals surface area (Å²) < 4.78 is 7.47. The molecule has 1 aromatic heterocycles. The minimum atomic E-state index is -0.253. The van der Waals surface area contributed by atoms with Crippen LogP contribution in [-0.4, -0.2) is 29.0 Å². The van der Waals surface area contributed by atoms with Gasteiger partial charge in [-0.3, -0.25) is 4.90 Å². The second-order valence-electron chi connectivity index (χ2n) is 6.89. The number of benzene rings is 1. The van der Waals surface area contributed by atoms with Crippen molar-refractivity contribution in [1.82, 2.24) is 4.90 Å². The highest BCUT2D eigenvalue weighted by molar-refractivity contribution is 5.86. The van der Waals surface area contributed by atoms with Gasteiger partial charge >= 0.3 is 22.4 Å². The van der Waals surface area contributed by atoms with E-state index in [2.05, 4.69) is 18.7 Å². The predicted octanol–water partition coefficient (Wildman–Crippen LogP) is 2.60. The molecule has 0 amide bonds. The molecule has 0 bridgehead atoms. The molecule has 6 nitrogen and oxygen atoms in total. The van der Waals surface area contributed by atoms with Crippen LogP contribution in [0.1, 0.15) is 68.0 Å². The van der Waals surface area contributed by atoms with E-state index < -0.39 is 0 Å². The second-order valence-corrected chi connectivity index (χ2v) is 6.89. The van der Waals surface area contributed by atoms with Crippen molar-refractivity contribution in [3.63, 3.8) is 0 Å². The van der Waals surface area contributed by atoms with Gasteiger partial charge in [0.2, 0.25) is 6.04 Å². The van der Waals surface area contributed by atoms with Crippen LogP contribution in [0.5, 0.6) is 5.95 Å². The van der Waals surface area contributed by atoms with E-state index in [4.69, 9.17) is 4.52 Å². The van der Waals surface area contributed by atoms with Crippen LogP contribution in [-0.2, 0) is 6.54 Å². The van der Waals surface area contributed by atoms with E-state index >= 15 is 0 Å². The summed E-state index contributed by atoms with van der Waals surface area (Å²) in [6, 6.07) is 9.25. The molecule has 0 aliphatic heterocycles. The van der Waals surface area contributed by atoms with Crippen LogP contribution in [0.15, 0.2) is 34.9 Å². The molecule has 3 rings (SSSR count). The predicted molar refractivity (Wildman–Crippen MR) is 95.7 cm³/mol. The van der Waals surface area contributed by atoms with Gasteiger partial charge in [0.1, 0.15) is 5.56 Å². The first-order valence-corrected chi connectivity index (χ1v) is 9.66. The Kier molecular flexibility index (Phi) is 6.04. The molecule has 26 heavy (non-hydrogen) atoms. The maximum Gasteiger partial charge on any atom is 0.537 e. The molecule has 1 aliphatic rings. The number of aromatic nitrogens is 2. The van der Waals surface area contributed by atoms with Gasteiger partial charge in [-0.2, -0.15) is 0 Å². The molecular formula is C20H29N3O3+2. The molecule has 1 aliphatic carbocycles. The highest BCUT2D eigenvalue weighted by atomic mass is 16.6. The summed E-state index contributed by atoms with van der Waals surface area (Å²) in [5, 5.41) is 10.5. The standard InChI is InChI=1S/C20H28N3O3/c1-3-21(4-2)15-18-20(25)26-23(19(24)16-11-7-5-8-12-16)22(18)17-13-9-6-10-14-17/h5,7-8,11-12,17H,3-4,6,9-10,13-15H2,1-2H3/q+1/p+1. The number of hydrogen-bond acceptors (Lipinski definition) is 4. The van der Waals surface area contributed by atoms with E-state index in [-0.39, 0.29) is 17.9 Å². The Morgan fingerprint density at radius 2 is 1.81 bits per heavy atom. The highest BCUT2D eigenvalue weighted by Gasteiger charge is 2.47. The average Bonchev–Trinajstić information content (AvgIpc) is 3.02. The van der Waals surface area contributed by atoms with Crippen LogP contribution in [0, 0.1) is 0 Å². The second kappa shape index (κ2) is 8.45. The van der Waals surface area contributed by atoms with Gasteiger partial charge in [0.05, 0.1) is 11.2 Å². The normalized spacial score (nSPS) is 15.5. The third-order valence-corrected chi connectivity index (χ3v) is 5.27. The van der Waals surface area contributed by atoms with Crippen molar-refractivity contribution in [3.8, 4) is 5.95 Å². The fraction of sp³-hybridized carbons (Fsp3) is 0.550. The maximum absolute atomic E-state index is 13.0. The number of carbonyl (C=O) groups excluding carboxylic acids is 1. The van der Waals surface area contributed by atoms with E-state index in [1.807, 2.05) is 22.9 Å². The molecule has 0 radical (unpaired) electrons. The van der Waals surface area contributed by atoms with Gasteiger partial charge in [-0.1, -0.05) is 38.5 Å². The third kappa shape index (κ3) is 3.80. The number of aromatic hydroxyl groups is 1.